The van der Waals surface area contributed by atoms with Crippen molar-refractivity contribution in [2.45, 2.75) is 65.3 Å². The summed E-state index contributed by atoms with van der Waals surface area (Å²) in [6.45, 7) is 7.98. The second-order valence-corrected chi connectivity index (χ2v) is 12.3. The van der Waals surface area contributed by atoms with Gasteiger partial charge in [0.05, 0.1) is 13.2 Å². The number of amides is 2. The Hall–Kier alpha value is -4.66. The van der Waals surface area contributed by atoms with Crippen molar-refractivity contribution in [3.05, 3.63) is 130 Å². The summed E-state index contributed by atoms with van der Waals surface area (Å²) >= 11 is 0. The Balaban J connectivity index is 1.50. The van der Waals surface area contributed by atoms with Gasteiger partial charge in [-0.25, -0.2) is 0 Å². The Bertz CT molecular complexity index is 1600. The van der Waals surface area contributed by atoms with Gasteiger partial charge in [0.1, 0.15) is 18.1 Å². The number of nitrogens with zero attached hydrogens (tertiary/aromatic N) is 2. The number of benzene rings is 4. The minimum absolute atomic E-state index is 0.00446. The van der Waals surface area contributed by atoms with Gasteiger partial charge in [-0.15, -0.1) is 0 Å². The molecule has 48 heavy (non-hydrogen) atoms. The van der Waals surface area contributed by atoms with E-state index in [1.54, 1.807) is 24.1 Å². The van der Waals surface area contributed by atoms with Gasteiger partial charge < -0.3 is 30.1 Å². The molecule has 2 atom stereocenters. The van der Waals surface area contributed by atoms with Crippen LogP contribution >= 0.6 is 0 Å². The van der Waals surface area contributed by atoms with Crippen LogP contribution in [-0.4, -0.2) is 65.6 Å². The Labute approximate surface area is 285 Å². The summed E-state index contributed by atoms with van der Waals surface area (Å²) in [6.07, 6.45) is 1.10. The third kappa shape index (κ3) is 10.4. The molecule has 0 unspecified atom stereocenters. The molecule has 0 saturated carbocycles. The Kier molecular flexibility index (Phi) is 13.6. The zero-order chi connectivity index (χ0) is 34.5. The van der Waals surface area contributed by atoms with E-state index in [2.05, 4.69) is 0 Å². The number of nitrogens with two attached hydrogens (primary N) is 1. The average molecular weight is 652 g/mol. The molecule has 0 bridgehead atoms. The first-order chi connectivity index (χ1) is 23.2. The van der Waals surface area contributed by atoms with Gasteiger partial charge in [-0.2, -0.15) is 0 Å². The SMILES string of the molecule is CCCN(CCC)C(=O)c1cc(C)cc(C(=O)N(Cc2cccc(OC)c2)C[C@@H](O)[C@@H](N)Cc2ccc(OCc3ccccc3)cc2)c1. The highest BCUT2D eigenvalue weighted by atomic mass is 16.5. The summed E-state index contributed by atoms with van der Waals surface area (Å²) in [5.41, 5.74) is 11.1. The molecule has 0 aliphatic heterocycles. The molecule has 0 aliphatic carbocycles. The third-order valence-electron chi connectivity index (χ3n) is 8.19. The summed E-state index contributed by atoms with van der Waals surface area (Å²) in [5.74, 6) is 1.03. The van der Waals surface area contributed by atoms with E-state index < -0.39 is 12.1 Å². The van der Waals surface area contributed by atoms with E-state index in [0.29, 0.717) is 43.0 Å². The van der Waals surface area contributed by atoms with Crippen molar-refractivity contribution < 1.29 is 24.2 Å². The van der Waals surface area contributed by atoms with Crippen LogP contribution in [0.2, 0.25) is 0 Å². The maximum Gasteiger partial charge on any atom is 0.254 e. The Morgan fingerprint density at radius 2 is 1.38 bits per heavy atom. The lowest BCUT2D eigenvalue weighted by molar-refractivity contribution is 0.0554. The molecule has 8 nitrogen and oxygen atoms in total. The Morgan fingerprint density at radius 3 is 2.00 bits per heavy atom. The molecule has 0 radical (unpaired) electrons. The van der Waals surface area contributed by atoms with Crippen molar-refractivity contribution in [2.75, 3.05) is 26.7 Å². The van der Waals surface area contributed by atoms with Gasteiger partial charge in [0.2, 0.25) is 0 Å². The molecular formula is C40H49N3O5. The largest absolute Gasteiger partial charge is 0.497 e. The first-order valence-electron chi connectivity index (χ1n) is 16.7. The van der Waals surface area contributed by atoms with Gasteiger partial charge in [0, 0.05) is 43.3 Å². The standard InChI is InChI=1S/C40H49N3O5/c1-5-19-42(20-6-2)39(45)33-21-29(3)22-34(25-33)40(46)43(26-32-13-10-14-36(23-32)47-4)27-38(44)37(41)24-30-15-17-35(18-16-30)48-28-31-11-8-7-9-12-31/h7-18,21-23,25,37-38,44H,5-6,19-20,24,26-28,41H2,1-4H3/t37-,38+/m0/s1. The monoisotopic (exact) mass is 651 g/mol. The number of rotatable bonds is 17. The van der Waals surface area contributed by atoms with Crippen LogP contribution in [0.3, 0.4) is 0 Å². The highest BCUT2D eigenvalue weighted by Gasteiger charge is 2.25. The number of methoxy groups -OCH3 is 1. The van der Waals surface area contributed by atoms with E-state index in [9.17, 15) is 14.7 Å². The highest BCUT2D eigenvalue weighted by Crippen LogP contribution is 2.21. The summed E-state index contributed by atoms with van der Waals surface area (Å²) in [6, 6.07) is 29.8. The summed E-state index contributed by atoms with van der Waals surface area (Å²) in [5, 5.41) is 11.3. The van der Waals surface area contributed by atoms with E-state index in [1.807, 2.05) is 111 Å². The van der Waals surface area contributed by atoms with Gasteiger partial charge in [-0.05, 0) is 90.9 Å². The van der Waals surface area contributed by atoms with Gasteiger partial charge >= 0.3 is 0 Å². The molecule has 0 saturated heterocycles. The molecule has 3 N–H and O–H groups in total. The third-order valence-corrected chi connectivity index (χ3v) is 8.19. The number of hydrogen-bond acceptors (Lipinski definition) is 6. The topological polar surface area (TPSA) is 105 Å². The molecule has 8 heteroatoms. The number of carbonyl (C=O) groups excluding carboxylic acids is 2. The fraction of sp³-hybridized carbons (Fsp3) is 0.350. The first kappa shape index (κ1) is 36.2. The zero-order valence-electron chi connectivity index (χ0n) is 28.6. The Morgan fingerprint density at radius 1 is 0.750 bits per heavy atom. The van der Waals surface area contributed by atoms with Crippen molar-refractivity contribution >= 4 is 11.8 Å². The van der Waals surface area contributed by atoms with Crippen molar-refractivity contribution in [1.82, 2.24) is 9.80 Å². The predicted octanol–water partition coefficient (Wildman–Crippen LogP) is 6.42. The maximum absolute atomic E-state index is 14.2. The predicted molar refractivity (Wildman–Crippen MR) is 190 cm³/mol. The molecule has 0 heterocycles. The first-order valence-corrected chi connectivity index (χ1v) is 16.7. The second-order valence-electron chi connectivity index (χ2n) is 12.3. The smallest absolute Gasteiger partial charge is 0.254 e. The van der Waals surface area contributed by atoms with Gasteiger partial charge in [0.15, 0.2) is 0 Å². The van der Waals surface area contributed by atoms with E-state index >= 15 is 0 Å². The number of aliphatic hydroxyl groups excluding tert-OH is 1. The fourth-order valence-electron chi connectivity index (χ4n) is 5.69. The molecule has 254 valence electrons. The van der Waals surface area contributed by atoms with Crippen molar-refractivity contribution in [3.8, 4) is 11.5 Å². The maximum atomic E-state index is 14.2. The van der Waals surface area contributed by atoms with Gasteiger partial charge in [-0.3, -0.25) is 9.59 Å². The van der Waals surface area contributed by atoms with Crippen LogP contribution in [0.25, 0.3) is 0 Å². The van der Waals surface area contributed by atoms with E-state index in [-0.39, 0.29) is 24.9 Å². The lowest BCUT2D eigenvalue weighted by Crippen LogP contribution is -2.46. The van der Waals surface area contributed by atoms with Crippen LogP contribution in [0.1, 0.15) is 69.7 Å². The summed E-state index contributed by atoms with van der Waals surface area (Å²) in [7, 11) is 1.60. The second kappa shape index (κ2) is 18.0. The molecule has 2 amide bonds. The lowest BCUT2D eigenvalue weighted by atomic mass is 10.0. The highest BCUT2D eigenvalue weighted by molar-refractivity contribution is 6.00. The van der Waals surface area contributed by atoms with Crippen LogP contribution < -0.4 is 15.2 Å². The molecular weight excluding hydrogens is 602 g/mol. The number of carbonyl (C=O) groups is 2. The van der Waals surface area contributed by atoms with Crippen LogP contribution in [0.4, 0.5) is 0 Å². The quantitative estimate of drug-likeness (QED) is 0.137. The molecule has 0 spiro atoms. The molecule has 0 aromatic heterocycles. The number of aryl methyl sites for hydroxylation is 1. The number of hydrogen-bond donors (Lipinski definition) is 2. The van der Waals surface area contributed by atoms with Gasteiger partial charge in [-0.1, -0.05) is 68.4 Å². The lowest BCUT2D eigenvalue weighted by Gasteiger charge is -2.29. The molecule has 4 aromatic carbocycles. The zero-order valence-corrected chi connectivity index (χ0v) is 28.6. The number of aliphatic hydroxyl groups is 1. The van der Waals surface area contributed by atoms with Crippen molar-refractivity contribution in [1.29, 1.82) is 0 Å². The van der Waals surface area contributed by atoms with Crippen molar-refractivity contribution in [3.63, 3.8) is 0 Å². The van der Waals surface area contributed by atoms with Crippen molar-refractivity contribution in [2.24, 2.45) is 5.73 Å². The molecule has 0 aliphatic rings. The summed E-state index contributed by atoms with van der Waals surface area (Å²) in [4.78, 5) is 31.1. The number of ether oxygens (including phenoxy) is 2. The minimum atomic E-state index is -1.01. The van der Waals surface area contributed by atoms with E-state index in [1.165, 1.54) is 0 Å². The van der Waals surface area contributed by atoms with Crippen LogP contribution in [0.15, 0.2) is 97.1 Å². The molecule has 4 aromatic rings. The average Bonchev–Trinajstić information content (AvgIpc) is 3.10. The normalized spacial score (nSPS) is 12.2. The van der Waals surface area contributed by atoms with E-state index in [4.69, 9.17) is 15.2 Å². The van der Waals surface area contributed by atoms with E-state index in [0.717, 1.165) is 40.8 Å². The van der Waals surface area contributed by atoms with Crippen LogP contribution in [-0.2, 0) is 19.6 Å². The molecule has 0 fully saturated rings. The molecule has 4 rings (SSSR count). The van der Waals surface area contributed by atoms with Crippen LogP contribution in [0.5, 0.6) is 11.5 Å². The fourth-order valence-corrected chi connectivity index (χ4v) is 5.69. The van der Waals surface area contributed by atoms with Gasteiger partial charge in [0.25, 0.3) is 11.8 Å². The van der Waals surface area contributed by atoms with Crippen LogP contribution in [0, 0.1) is 6.92 Å². The minimum Gasteiger partial charge on any atom is -0.497 e. The summed E-state index contributed by atoms with van der Waals surface area (Å²) < 4.78 is 11.3.